The molecule has 0 saturated carbocycles. The maximum atomic E-state index is 13.2. The first-order valence-corrected chi connectivity index (χ1v) is 11.4. The van der Waals surface area contributed by atoms with Crippen LogP contribution < -0.4 is 15.0 Å². The van der Waals surface area contributed by atoms with Crippen LogP contribution in [0.3, 0.4) is 0 Å². The number of rotatable bonds is 4. The molecule has 8 heteroatoms. The van der Waals surface area contributed by atoms with Gasteiger partial charge in [0.05, 0.1) is 24.4 Å². The first-order valence-electron chi connectivity index (χ1n) is 11.4. The number of urea groups is 1. The van der Waals surface area contributed by atoms with Crippen molar-refractivity contribution in [3.05, 3.63) is 54.1 Å². The summed E-state index contributed by atoms with van der Waals surface area (Å²) in [6.07, 6.45) is 1.11. The van der Waals surface area contributed by atoms with Crippen LogP contribution in [0.2, 0.25) is 0 Å². The van der Waals surface area contributed by atoms with E-state index in [4.69, 9.17) is 9.47 Å². The van der Waals surface area contributed by atoms with Gasteiger partial charge in [-0.05, 0) is 63.1 Å². The highest BCUT2D eigenvalue weighted by Crippen LogP contribution is 2.34. The summed E-state index contributed by atoms with van der Waals surface area (Å²) >= 11 is 0. The van der Waals surface area contributed by atoms with Gasteiger partial charge in [-0.3, -0.25) is 9.69 Å². The topological polar surface area (TPSA) is 88.2 Å². The van der Waals surface area contributed by atoms with E-state index >= 15 is 0 Å². The van der Waals surface area contributed by atoms with Crippen LogP contribution in [0.15, 0.2) is 48.5 Å². The Balaban J connectivity index is 1.32. The summed E-state index contributed by atoms with van der Waals surface area (Å²) in [5.41, 5.74) is 1.86. The van der Waals surface area contributed by atoms with Gasteiger partial charge in [-0.25, -0.2) is 9.59 Å². The third-order valence-electron chi connectivity index (χ3n) is 5.95. The van der Waals surface area contributed by atoms with E-state index in [9.17, 15) is 14.4 Å². The summed E-state index contributed by atoms with van der Waals surface area (Å²) < 4.78 is 10.8. The van der Waals surface area contributed by atoms with E-state index in [0.29, 0.717) is 56.1 Å². The Morgan fingerprint density at radius 1 is 1.06 bits per heavy atom. The average Bonchev–Trinajstić information content (AvgIpc) is 2.83. The maximum absolute atomic E-state index is 13.2. The first-order chi connectivity index (χ1) is 16.0. The molecule has 8 nitrogen and oxygen atoms in total. The highest BCUT2D eigenvalue weighted by atomic mass is 16.5. The van der Waals surface area contributed by atoms with Crippen LogP contribution >= 0.6 is 0 Å². The SMILES string of the molecule is CCOC(=O)c1ccc(NC(=O)C2CCN(C(=O)N3C[C@@H](C)Oc4ccccc43)CC2)cc1. The molecule has 0 unspecified atom stereocenters. The predicted molar refractivity (Wildman–Crippen MR) is 125 cm³/mol. The highest BCUT2D eigenvalue weighted by molar-refractivity contribution is 5.96. The van der Waals surface area contributed by atoms with Gasteiger partial charge in [0.15, 0.2) is 0 Å². The smallest absolute Gasteiger partial charge is 0.338 e. The minimum absolute atomic E-state index is 0.0500. The van der Waals surface area contributed by atoms with Gasteiger partial charge in [0.25, 0.3) is 0 Å². The predicted octanol–water partition coefficient (Wildman–Crippen LogP) is 3.92. The second-order valence-corrected chi connectivity index (χ2v) is 8.34. The Hall–Kier alpha value is -3.55. The normalized spacial score (nSPS) is 18.2. The minimum Gasteiger partial charge on any atom is -0.487 e. The molecule has 174 valence electrons. The molecule has 0 radical (unpaired) electrons. The van der Waals surface area contributed by atoms with Gasteiger partial charge in [0.1, 0.15) is 11.9 Å². The van der Waals surface area contributed by atoms with Gasteiger partial charge < -0.3 is 19.7 Å². The fourth-order valence-corrected chi connectivity index (χ4v) is 4.22. The molecule has 2 aromatic rings. The fourth-order valence-electron chi connectivity index (χ4n) is 4.22. The second kappa shape index (κ2) is 9.94. The summed E-state index contributed by atoms with van der Waals surface area (Å²) in [7, 11) is 0. The molecule has 0 spiro atoms. The van der Waals surface area contributed by atoms with E-state index in [1.165, 1.54) is 0 Å². The van der Waals surface area contributed by atoms with Crippen molar-refractivity contribution in [1.82, 2.24) is 4.90 Å². The Morgan fingerprint density at radius 2 is 1.76 bits per heavy atom. The van der Waals surface area contributed by atoms with Crippen molar-refractivity contribution < 1.29 is 23.9 Å². The van der Waals surface area contributed by atoms with Crippen LogP contribution in [-0.2, 0) is 9.53 Å². The second-order valence-electron chi connectivity index (χ2n) is 8.34. The van der Waals surface area contributed by atoms with Crippen molar-refractivity contribution in [2.45, 2.75) is 32.8 Å². The molecule has 33 heavy (non-hydrogen) atoms. The lowest BCUT2D eigenvalue weighted by molar-refractivity contribution is -0.121. The zero-order valence-corrected chi connectivity index (χ0v) is 19.0. The van der Waals surface area contributed by atoms with Gasteiger partial charge >= 0.3 is 12.0 Å². The van der Waals surface area contributed by atoms with Crippen LogP contribution in [-0.4, -0.2) is 55.2 Å². The number of piperidine rings is 1. The zero-order chi connectivity index (χ0) is 23.4. The monoisotopic (exact) mass is 451 g/mol. The number of carbonyl (C=O) groups excluding carboxylic acids is 3. The Bertz CT molecular complexity index is 1010. The molecule has 2 aliphatic heterocycles. The number of esters is 1. The Labute approximate surface area is 193 Å². The number of nitrogens with zero attached hydrogens (tertiary/aromatic N) is 2. The summed E-state index contributed by atoms with van der Waals surface area (Å²) in [4.78, 5) is 41.3. The summed E-state index contributed by atoms with van der Waals surface area (Å²) in [6.45, 7) is 5.56. The number of hydrogen-bond donors (Lipinski definition) is 1. The number of likely N-dealkylation sites (tertiary alicyclic amines) is 1. The largest absolute Gasteiger partial charge is 0.487 e. The third kappa shape index (κ3) is 5.10. The quantitative estimate of drug-likeness (QED) is 0.712. The lowest BCUT2D eigenvalue weighted by Gasteiger charge is -2.39. The van der Waals surface area contributed by atoms with Crippen molar-refractivity contribution >= 4 is 29.3 Å². The van der Waals surface area contributed by atoms with Crippen molar-refractivity contribution in [3.63, 3.8) is 0 Å². The minimum atomic E-state index is -0.385. The van der Waals surface area contributed by atoms with E-state index in [2.05, 4.69) is 5.32 Å². The summed E-state index contributed by atoms with van der Waals surface area (Å²) in [6, 6.07) is 14.2. The highest BCUT2D eigenvalue weighted by Gasteiger charge is 2.33. The van der Waals surface area contributed by atoms with E-state index in [1.54, 1.807) is 36.1 Å². The van der Waals surface area contributed by atoms with Gasteiger partial charge in [0, 0.05) is 24.7 Å². The number of amides is 3. The van der Waals surface area contributed by atoms with Crippen molar-refractivity contribution in [1.29, 1.82) is 0 Å². The number of fused-ring (bicyclic) bond motifs is 1. The molecule has 2 heterocycles. The molecule has 1 atom stereocenters. The van der Waals surface area contributed by atoms with Crippen LogP contribution in [0.1, 0.15) is 37.0 Å². The van der Waals surface area contributed by atoms with Gasteiger partial charge in [-0.15, -0.1) is 0 Å². The lowest BCUT2D eigenvalue weighted by atomic mass is 9.96. The molecule has 3 amide bonds. The molecule has 2 aliphatic rings. The van der Waals surface area contributed by atoms with Crippen LogP contribution in [0.25, 0.3) is 0 Å². The van der Waals surface area contributed by atoms with Gasteiger partial charge in [-0.2, -0.15) is 0 Å². The molecule has 0 bridgehead atoms. The van der Waals surface area contributed by atoms with Gasteiger partial charge in [-0.1, -0.05) is 12.1 Å². The first kappa shape index (κ1) is 22.6. The van der Waals surface area contributed by atoms with Crippen LogP contribution in [0.5, 0.6) is 5.75 Å². The average molecular weight is 452 g/mol. The van der Waals surface area contributed by atoms with Crippen molar-refractivity contribution in [2.75, 3.05) is 36.5 Å². The molecule has 4 rings (SSSR count). The van der Waals surface area contributed by atoms with E-state index in [-0.39, 0.29) is 29.9 Å². The number of para-hydroxylation sites is 2. The summed E-state index contributed by atoms with van der Waals surface area (Å²) in [5.74, 6) is 0.0866. The molecule has 1 saturated heterocycles. The van der Waals surface area contributed by atoms with E-state index in [0.717, 1.165) is 5.69 Å². The van der Waals surface area contributed by atoms with Crippen LogP contribution in [0, 0.1) is 5.92 Å². The standard InChI is InChI=1S/C25H29N3O5/c1-3-32-24(30)19-8-10-20(11-9-19)26-23(29)18-12-14-27(15-13-18)25(31)28-16-17(2)33-22-7-5-4-6-21(22)28/h4-11,17-18H,3,12-16H2,1-2H3,(H,26,29)/t17-/m1/s1. The third-order valence-corrected chi connectivity index (χ3v) is 5.95. The Kier molecular flexibility index (Phi) is 6.82. The maximum Gasteiger partial charge on any atom is 0.338 e. The molecular weight excluding hydrogens is 422 g/mol. The number of anilines is 2. The zero-order valence-electron chi connectivity index (χ0n) is 19.0. The van der Waals surface area contributed by atoms with Crippen LogP contribution in [0.4, 0.5) is 16.2 Å². The molecule has 1 fully saturated rings. The molecule has 1 N–H and O–H groups in total. The Morgan fingerprint density at radius 3 is 2.45 bits per heavy atom. The molecule has 0 aromatic heterocycles. The van der Waals surface area contributed by atoms with Crippen molar-refractivity contribution in [3.8, 4) is 5.75 Å². The molecule has 0 aliphatic carbocycles. The molecular formula is C25H29N3O5. The lowest BCUT2D eigenvalue weighted by Crippen LogP contribution is -2.51. The van der Waals surface area contributed by atoms with Gasteiger partial charge in [0.2, 0.25) is 5.91 Å². The van der Waals surface area contributed by atoms with E-state index < -0.39 is 0 Å². The van der Waals surface area contributed by atoms with Crippen molar-refractivity contribution in [2.24, 2.45) is 5.92 Å². The fraction of sp³-hybridized carbons (Fsp3) is 0.400. The number of nitrogens with one attached hydrogen (secondary N) is 1. The number of hydrogen-bond acceptors (Lipinski definition) is 5. The number of carbonyl (C=O) groups is 3. The van der Waals surface area contributed by atoms with E-state index in [1.807, 2.05) is 36.1 Å². The molecule has 2 aromatic carbocycles. The number of ether oxygens (including phenoxy) is 2. The number of benzene rings is 2. The summed E-state index contributed by atoms with van der Waals surface area (Å²) in [5, 5.41) is 2.91.